The summed E-state index contributed by atoms with van der Waals surface area (Å²) in [6, 6.07) is 28.5. The monoisotopic (exact) mass is 599 g/mol. The summed E-state index contributed by atoms with van der Waals surface area (Å²) in [7, 11) is 0. The summed E-state index contributed by atoms with van der Waals surface area (Å²) < 4.78 is 3.28. The average molecular weight is 600 g/mol. The van der Waals surface area contributed by atoms with E-state index in [1.54, 1.807) is 46.2 Å². The normalized spacial score (nSPS) is 10.6. The van der Waals surface area contributed by atoms with E-state index in [9.17, 15) is 5.26 Å². The number of thioether (sulfide) groups is 2. The highest BCUT2D eigenvalue weighted by Gasteiger charge is 2.17. The number of rotatable bonds is 7. The molecule has 3 aromatic carbocycles. The molecule has 4 N–H and O–H groups in total. The van der Waals surface area contributed by atoms with Gasteiger partial charge in [0.25, 0.3) is 0 Å². The zero-order valence-corrected chi connectivity index (χ0v) is 25.0. The Morgan fingerprint density at radius 3 is 2.15 bits per heavy atom. The third-order valence-electron chi connectivity index (χ3n) is 5.80. The molecule has 0 aliphatic rings. The second-order valence-corrected chi connectivity index (χ2v) is 12.3. The lowest BCUT2D eigenvalue weighted by atomic mass is 10.2. The predicted molar refractivity (Wildman–Crippen MR) is 175 cm³/mol. The number of nitrogens with two attached hydrogens (primary N) is 1. The van der Waals surface area contributed by atoms with E-state index < -0.39 is 0 Å². The Hall–Kier alpha value is -3.82. The standard InChI is InChI=1S/C17H15N5S.C12H10N2S3/c18-15-14(17-20-12-8-4-5-9-13(12)23-17)16(22-21-15)19-10-11-6-2-1-3-7-11;1-15-12(16-2)8(7-13)11-14-9-5-3-4-6-10(9)17-11/h1-9H,10H2,(H4,18,19,21,22);3-6H,1-2H3. The summed E-state index contributed by atoms with van der Waals surface area (Å²) in [6.07, 6.45) is 3.97. The first-order chi connectivity index (χ1) is 19.6. The zero-order valence-electron chi connectivity index (χ0n) is 21.7. The molecule has 0 saturated carbocycles. The van der Waals surface area contributed by atoms with Gasteiger partial charge in [0.05, 0.1) is 30.2 Å². The van der Waals surface area contributed by atoms with Crippen molar-refractivity contribution in [3.8, 4) is 16.6 Å². The van der Waals surface area contributed by atoms with Gasteiger partial charge in [0, 0.05) is 6.54 Å². The smallest absolute Gasteiger partial charge is 0.160 e. The van der Waals surface area contributed by atoms with Crippen molar-refractivity contribution in [1.29, 1.82) is 5.26 Å². The number of hydrogen-bond donors (Lipinski definition) is 3. The maximum Gasteiger partial charge on any atom is 0.160 e. The van der Waals surface area contributed by atoms with Crippen molar-refractivity contribution in [3.63, 3.8) is 0 Å². The van der Waals surface area contributed by atoms with E-state index in [4.69, 9.17) is 5.73 Å². The third-order valence-corrected chi connectivity index (χ3v) is 10.1. The van der Waals surface area contributed by atoms with Gasteiger partial charge in [-0.05, 0) is 42.3 Å². The quantitative estimate of drug-likeness (QED) is 0.158. The Balaban J connectivity index is 0.000000170. The number of fused-ring (bicyclic) bond motifs is 2. The first-order valence-corrected chi connectivity index (χ1v) is 16.3. The van der Waals surface area contributed by atoms with Crippen LogP contribution in [0.25, 0.3) is 36.6 Å². The molecule has 0 atom stereocenters. The molecule has 6 aromatic rings. The first kappa shape index (κ1) is 27.7. The molecule has 11 heteroatoms. The molecule has 0 bridgehead atoms. The van der Waals surface area contributed by atoms with E-state index in [1.165, 1.54) is 5.56 Å². The molecular formula is C29H25N7S4. The maximum absolute atomic E-state index is 9.27. The molecule has 0 saturated heterocycles. The summed E-state index contributed by atoms with van der Waals surface area (Å²) in [5, 5.41) is 21.4. The highest BCUT2D eigenvalue weighted by Crippen LogP contribution is 2.37. The number of allylic oxidation sites excluding steroid dienone is 1. The zero-order chi connectivity index (χ0) is 27.9. The molecule has 0 radical (unpaired) electrons. The maximum atomic E-state index is 9.27. The summed E-state index contributed by atoms with van der Waals surface area (Å²) in [4.78, 5) is 9.18. The summed E-state index contributed by atoms with van der Waals surface area (Å²) in [5.74, 6) is 1.25. The molecule has 0 aliphatic carbocycles. The molecule has 0 spiro atoms. The van der Waals surface area contributed by atoms with Crippen LogP contribution in [0.4, 0.5) is 11.6 Å². The number of nitriles is 1. The first-order valence-electron chi connectivity index (χ1n) is 12.2. The Morgan fingerprint density at radius 2 is 1.52 bits per heavy atom. The van der Waals surface area contributed by atoms with Gasteiger partial charge in [-0.1, -0.05) is 54.6 Å². The van der Waals surface area contributed by atoms with Gasteiger partial charge < -0.3 is 11.1 Å². The lowest BCUT2D eigenvalue weighted by Gasteiger charge is -2.05. The van der Waals surface area contributed by atoms with E-state index >= 15 is 0 Å². The Morgan fingerprint density at radius 1 is 0.900 bits per heavy atom. The number of anilines is 2. The molecule has 3 heterocycles. The number of nitrogens with one attached hydrogen (secondary N) is 2. The Bertz CT molecular complexity index is 1740. The van der Waals surface area contributed by atoms with Crippen LogP contribution in [0.15, 0.2) is 83.1 Å². The number of nitrogen functional groups attached to an aromatic ring is 1. The second kappa shape index (κ2) is 13.0. The van der Waals surface area contributed by atoms with Crippen LogP contribution >= 0.6 is 46.2 Å². The van der Waals surface area contributed by atoms with Crippen molar-refractivity contribution in [1.82, 2.24) is 20.2 Å². The van der Waals surface area contributed by atoms with Crippen LogP contribution in [-0.2, 0) is 6.54 Å². The molecule has 200 valence electrons. The number of para-hydroxylation sites is 2. The van der Waals surface area contributed by atoms with Gasteiger partial charge in [0.15, 0.2) is 5.82 Å². The van der Waals surface area contributed by atoms with Gasteiger partial charge in [-0.2, -0.15) is 10.4 Å². The number of thiazole rings is 2. The molecule has 3 aromatic heterocycles. The van der Waals surface area contributed by atoms with E-state index in [0.717, 1.165) is 46.1 Å². The molecule has 0 fully saturated rings. The number of hydrogen-bond acceptors (Lipinski definition) is 10. The van der Waals surface area contributed by atoms with Crippen LogP contribution in [0, 0.1) is 11.3 Å². The van der Waals surface area contributed by atoms with Gasteiger partial charge in [0.2, 0.25) is 0 Å². The van der Waals surface area contributed by atoms with Crippen molar-refractivity contribution < 1.29 is 0 Å². The van der Waals surface area contributed by atoms with Gasteiger partial charge >= 0.3 is 0 Å². The fourth-order valence-electron chi connectivity index (χ4n) is 3.91. The van der Waals surface area contributed by atoms with Gasteiger partial charge in [-0.15, -0.1) is 46.2 Å². The summed E-state index contributed by atoms with van der Waals surface area (Å²) in [5.41, 5.74) is 10.7. The van der Waals surface area contributed by atoms with Crippen molar-refractivity contribution >= 4 is 83.8 Å². The molecule has 40 heavy (non-hydrogen) atoms. The molecule has 6 rings (SSSR count). The van der Waals surface area contributed by atoms with Crippen molar-refractivity contribution in [3.05, 3.63) is 93.7 Å². The molecule has 0 aliphatic heterocycles. The molecule has 7 nitrogen and oxygen atoms in total. The van der Waals surface area contributed by atoms with Gasteiger partial charge in [-0.3, -0.25) is 5.10 Å². The van der Waals surface area contributed by atoms with Crippen LogP contribution < -0.4 is 11.1 Å². The lowest BCUT2D eigenvalue weighted by Crippen LogP contribution is -2.00. The number of benzene rings is 3. The van der Waals surface area contributed by atoms with Crippen molar-refractivity contribution in [2.75, 3.05) is 23.6 Å². The van der Waals surface area contributed by atoms with Crippen LogP contribution in [0.5, 0.6) is 0 Å². The average Bonchev–Trinajstić information content (AvgIpc) is 3.71. The number of H-pyrrole nitrogens is 1. The second-order valence-electron chi connectivity index (χ2n) is 8.36. The minimum atomic E-state index is 0.527. The highest BCUT2D eigenvalue weighted by molar-refractivity contribution is 8.22. The SMILES string of the molecule is CSC(SC)=C(C#N)c1nc2ccccc2s1.Nc1[nH]nc(NCc2ccccc2)c1-c1nc2ccccc2s1. The summed E-state index contributed by atoms with van der Waals surface area (Å²) in [6.45, 7) is 0.684. The largest absolute Gasteiger partial charge is 0.383 e. The minimum absolute atomic E-state index is 0.527. The number of aromatic amines is 1. The fourth-order valence-corrected chi connectivity index (χ4v) is 7.39. The number of aromatic nitrogens is 4. The van der Waals surface area contributed by atoms with Crippen LogP contribution in [0.3, 0.4) is 0 Å². The third kappa shape index (κ3) is 6.16. The molecule has 0 amide bonds. The van der Waals surface area contributed by atoms with Crippen molar-refractivity contribution in [2.45, 2.75) is 6.54 Å². The van der Waals surface area contributed by atoms with E-state index in [1.807, 2.05) is 73.2 Å². The predicted octanol–water partition coefficient (Wildman–Crippen LogP) is 8.10. The van der Waals surface area contributed by atoms with Gasteiger partial charge in [-0.25, -0.2) is 9.97 Å². The van der Waals surface area contributed by atoms with E-state index in [0.29, 0.717) is 17.9 Å². The number of nitrogens with zero attached hydrogens (tertiary/aromatic N) is 4. The Labute approximate surface area is 248 Å². The van der Waals surface area contributed by atoms with Crippen LogP contribution in [-0.4, -0.2) is 32.7 Å². The van der Waals surface area contributed by atoms with Crippen LogP contribution in [0.2, 0.25) is 0 Å². The van der Waals surface area contributed by atoms with E-state index in [2.05, 4.69) is 49.8 Å². The minimum Gasteiger partial charge on any atom is -0.383 e. The lowest BCUT2D eigenvalue weighted by molar-refractivity contribution is 1.05. The molecular weight excluding hydrogens is 575 g/mol. The fraction of sp³-hybridized carbons (Fsp3) is 0.103. The van der Waals surface area contributed by atoms with Crippen LogP contribution in [0.1, 0.15) is 10.6 Å². The summed E-state index contributed by atoms with van der Waals surface area (Å²) >= 11 is 6.37. The highest BCUT2D eigenvalue weighted by atomic mass is 32.2. The topological polar surface area (TPSA) is 116 Å². The van der Waals surface area contributed by atoms with E-state index in [-0.39, 0.29) is 0 Å². The molecule has 0 unspecified atom stereocenters. The van der Waals surface area contributed by atoms with Gasteiger partial charge in [0.1, 0.15) is 27.5 Å². The van der Waals surface area contributed by atoms with Crippen molar-refractivity contribution in [2.24, 2.45) is 0 Å². The Kier molecular flexibility index (Phi) is 9.03.